The summed E-state index contributed by atoms with van der Waals surface area (Å²) in [6, 6.07) is 0. The first-order valence-corrected chi connectivity index (χ1v) is 9.14. The van der Waals surface area contributed by atoms with E-state index in [4.69, 9.17) is 20.4 Å². The van der Waals surface area contributed by atoms with Crippen molar-refractivity contribution < 1.29 is 79.1 Å². The van der Waals surface area contributed by atoms with Gasteiger partial charge in [0, 0.05) is 0 Å². The lowest BCUT2D eigenvalue weighted by molar-refractivity contribution is -0.191. The van der Waals surface area contributed by atoms with Crippen LogP contribution in [0.15, 0.2) is 0 Å². The number of carbonyl (C=O) groups excluding carboxylic acids is 4. The van der Waals surface area contributed by atoms with E-state index in [1.807, 2.05) is 0 Å². The highest BCUT2D eigenvalue weighted by molar-refractivity contribution is 5.86. The molecule has 1 fully saturated rings. The molecule has 0 radical (unpaired) electrons. The van der Waals surface area contributed by atoms with Gasteiger partial charge in [-0.3, -0.25) is 0 Å². The molecule has 0 aromatic rings. The molecule has 1 aliphatic rings. The molecule has 1 aliphatic heterocycles. The smallest absolute Gasteiger partial charge is 0.347 e. The zero-order chi connectivity index (χ0) is 25.8. The van der Waals surface area contributed by atoms with Crippen LogP contribution in [0.4, 0.5) is 0 Å². The summed E-state index contributed by atoms with van der Waals surface area (Å²) in [6.45, 7) is 7.72. The van der Waals surface area contributed by atoms with E-state index in [0.29, 0.717) is 0 Å². The molecule has 1 heterocycles. The number of aliphatic carboxylic acids is 2. The quantitative estimate of drug-likeness (QED) is 0.207. The molecule has 0 bridgehead atoms. The summed E-state index contributed by atoms with van der Waals surface area (Å²) in [5, 5.41) is 33.0. The Morgan fingerprint density at radius 3 is 1.29 bits per heavy atom. The van der Waals surface area contributed by atoms with E-state index in [1.165, 1.54) is 41.5 Å². The molecule has 16 heteroatoms. The minimum absolute atomic E-state index is 0. The van der Waals surface area contributed by atoms with Gasteiger partial charge in [-0.05, 0) is 41.5 Å². The maximum Gasteiger partial charge on any atom is 0.347 e. The van der Waals surface area contributed by atoms with Crippen LogP contribution in [0.5, 0.6) is 0 Å². The first-order valence-electron chi connectivity index (χ1n) is 9.14. The van der Waals surface area contributed by atoms with Gasteiger partial charge in [0.15, 0.2) is 24.4 Å². The third-order valence-corrected chi connectivity index (χ3v) is 3.21. The molecule has 0 aromatic carbocycles. The number of esters is 4. The number of carboxylic acids is 2. The van der Waals surface area contributed by atoms with Crippen LogP contribution < -0.4 is 0 Å². The van der Waals surface area contributed by atoms with Crippen molar-refractivity contribution in [3.8, 4) is 0 Å². The summed E-state index contributed by atoms with van der Waals surface area (Å²) in [6.07, 6.45) is -6.66. The number of cyclic esters (lactones) is 2. The monoisotopic (exact) mass is 504 g/mol. The number of ether oxygens (including phenoxy) is 4. The molecule has 16 nitrogen and oxygen atoms in total. The lowest BCUT2D eigenvalue weighted by Gasteiger charge is -2.22. The predicted octanol–water partition coefficient (Wildman–Crippen LogP) is -3.02. The molecule has 34 heavy (non-hydrogen) atoms. The van der Waals surface area contributed by atoms with Gasteiger partial charge >= 0.3 is 35.8 Å². The second-order valence-electron chi connectivity index (χ2n) is 6.34. The first-order chi connectivity index (χ1) is 14.5. The minimum Gasteiger partial charge on any atom is -0.479 e. The highest BCUT2D eigenvalue weighted by atomic mass is 16.6. The minimum atomic E-state index is -1.35. The van der Waals surface area contributed by atoms with Gasteiger partial charge in [-0.15, -0.1) is 0 Å². The van der Waals surface area contributed by atoms with Crippen molar-refractivity contribution in [1.82, 2.24) is 0 Å². The van der Waals surface area contributed by atoms with Gasteiger partial charge < -0.3 is 50.3 Å². The summed E-state index contributed by atoms with van der Waals surface area (Å²) in [4.78, 5) is 63.2. The van der Waals surface area contributed by atoms with E-state index < -0.39 is 72.4 Å². The molecular weight excluding hydrogens is 472 g/mol. The van der Waals surface area contributed by atoms with Crippen LogP contribution in [0.3, 0.4) is 0 Å². The molecule has 6 unspecified atom stereocenters. The Morgan fingerprint density at radius 2 is 1.03 bits per heavy atom. The zero-order valence-corrected chi connectivity index (χ0v) is 19.3. The van der Waals surface area contributed by atoms with Gasteiger partial charge in [-0.2, -0.15) is 0 Å². The molecule has 200 valence electrons. The summed E-state index contributed by atoms with van der Waals surface area (Å²) < 4.78 is 18.1. The van der Waals surface area contributed by atoms with Crippen LogP contribution in [-0.4, -0.2) is 104 Å². The zero-order valence-electron chi connectivity index (χ0n) is 19.3. The number of carbonyl (C=O) groups is 6. The van der Waals surface area contributed by atoms with Gasteiger partial charge in [0.25, 0.3) is 0 Å². The van der Waals surface area contributed by atoms with E-state index in [0.717, 1.165) is 0 Å². The summed E-state index contributed by atoms with van der Waals surface area (Å²) in [5.74, 6) is -5.41. The molecule has 0 aliphatic carbocycles. The van der Waals surface area contributed by atoms with E-state index in [1.54, 1.807) is 0 Å². The molecule has 0 saturated carbocycles. The topological polar surface area (TPSA) is 283 Å². The fourth-order valence-electron chi connectivity index (χ4n) is 1.28. The van der Waals surface area contributed by atoms with Crippen molar-refractivity contribution >= 4 is 35.8 Å². The van der Waals surface area contributed by atoms with Crippen LogP contribution in [-0.2, 0) is 47.7 Å². The number of hydrogen-bond donors (Lipinski definition) is 4. The Kier molecular flexibility index (Phi) is 20.2. The average Bonchev–Trinajstić information content (AvgIpc) is 2.67. The Morgan fingerprint density at radius 1 is 0.706 bits per heavy atom. The highest BCUT2D eigenvalue weighted by Crippen LogP contribution is 2.08. The summed E-state index contributed by atoms with van der Waals surface area (Å²) >= 11 is 0. The third kappa shape index (κ3) is 16.3. The number of carboxylic acid groups (broad SMARTS) is 2. The molecule has 1 rings (SSSR count). The molecule has 0 spiro atoms. The predicted molar refractivity (Wildman–Crippen MR) is 108 cm³/mol. The Balaban J connectivity index is -0.000000214. The largest absolute Gasteiger partial charge is 0.479 e. The van der Waals surface area contributed by atoms with Crippen molar-refractivity contribution in [2.24, 2.45) is 0 Å². The van der Waals surface area contributed by atoms with Crippen molar-refractivity contribution in [2.45, 2.75) is 78.2 Å². The van der Waals surface area contributed by atoms with Gasteiger partial charge in [0.1, 0.15) is 12.2 Å². The fourth-order valence-corrected chi connectivity index (χ4v) is 1.28. The van der Waals surface area contributed by atoms with E-state index in [-0.39, 0.29) is 11.0 Å². The number of rotatable bonds is 6. The van der Waals surface area contributed by atoms with Crippen LogP contribution in [0.25, 0.3) is 0 Å². The fraction of sp³-hybridized carbons (Fsp3) is 0.667. The summed E-state index contributed by atoms with van der Waals surface area (Å²) in [5.41, 5.74) is 0. The molecule has 8 N–H and O–H groups in total. The number of hydrogen-bond acceptors (Lipinski definition) is 12. The molecule has 6 atom stereocenters. The molecule has 1 saturated heterocycles. The number of aliphatic hydroxyl groups excluding tert-OH is 2. The third-order valence-electron chi connectivity index (χ3n) is 3.21. The van der Waals surface area contributed by atoms with Crippen molar-refractivity contribution in [1.29, 1.82) is 0 Å². The van der Waals surface area contributed by atoms with Gasteiger partial charge in [-0.25, -0.2) is 28.8 Å². The first kappa shape index (κ1) is 37.9. The van der Waals surface area contributed by atoms with Crippen molar-refractivity contribution in [3.63, 3.8) is 0 Å². The Labute approximate surface area is 194 Å². The van der Waals surface area contributed by atoms with E-state index in [2.05, 4.69) is 18.9 Å². The lowest BCUT2D eigenvalue weighted by Crippen LogP contribution is -2.40. The van der Waals surface area contributed by atoms with E-state index >= 15 is 0 Å². The highest BCUT2D eigenvalue weighted by Gasteiger charge is 2.32. The van der Waals surface area contributed by atoms with Gasteiger partial charge in [0.05, 0.1) is 0 Å². The van der Waals surface area contributed by atoms with Gasteiger partial charge in [-0.1, -0.05) is 0 Å². The van der Waals surface area contributed by atoms with Crippen LogP contribution >= 0.6 is 0 Å². The maximum absolute atomic E-state index is 11.2. The second kappa shape index (κ2) is 18.1. The van der Waals surface area contributed by atoms with Crippen LogP contribution in [0, 0.1) is 0 Å². The lowest BCUT2D eigenvalue weighted by atomic mass is 10.3. The SMILES string of the molecule is CC(O)C(=O)O.CC(O)C(=O)OC(C)C(=O)OC(C)C(=O)O.CC1OC(=O)C(C)OC1=O.O.O. The maximum atomic E-state index is 11.2. The standard InChI is InChI=1S/C9H14O7.C6H8O4.C3H6O3.2H2O/c1-4(10)8(13)16-6(3)9(14)15-5(2)7(11)12;1-3-5(7)10-4(2)6(8)9-3;1-2(4)3(5)6;;/h4-6,10H,1-3H3,(H,11,12);3-4H,1-2H3;2,4H,1H3,(H,5,6);2*1H2. The second-order valence-corrected chi connectivity index (χ2v) is 6.34. The molecule has 0 aromatic heterocycles. The average molecular weight is 504 g/mol. The van der Waals surface area contributed by atoms with Crippen molar-refractivity contribution in [2.75, 3.05) is 0 Å². The Hall–Kier alpha value is -3.34. The normalized spacial score (nSPS) is 19.5. The Bertz CT molecular complexity index is 665. The van der Waals surface area contributed by atoms with Gasteiger partial charge in [0.2, 0.25) is 0 Å². The van der Waals surface area contributed by atoms with Crippen LogP contribution in [0.2, 0.25) is 0 Å². The van der Waals surface area contributed by atoms with Crippen LogP contribution in [0.1, 0.15) is 41.5 Å². The van der Waals surface area contributed by atoms with Crippen molar-refractivity contribution in [3.05, 3.63) is 0 Å². The molecular formula is C18H32O16. The van der Waals surface area contributed by atoms with E-state index in [9.17, 15) is 28.8 Å². The summed E-state index contributed by atoms with van der Waals surface area (Å²) in [7, 11) is 0. The molecule has 0 amide bonds. The number of aliphatic hydroxyl groups is 2.